The second-order valence-corrected chi connectivity index (χ2v) is 7.85. The van der Waals surface area contributed by atoms with Crippen molar-refractivity contribution >= 4 is 40.5 Å². The van der Waals surface area contributed by atoms with E-state index in [2.05, 4.69) is 15.6 Å². The lowest BCUT2D eigenvalue weighted by Crippen LogP contribution is -2.39. The number of thioether (sulfide) groups is 1. The standard InChI is InChI=1S/C20H18N4O5S/c25-18(12-7-9-21-10-8-12)22-20-23-19(26)17(30-20)11-13-5-6-16(29-13)14-3-1-2-4-15(14)24(27)28/h1-6,11-12,21H,7-10H2,(H,22,23,25,26). The molecule has 0 aliphatic carbocycles. The SMILES string of the molecule is O=C1N=C(NC(=O)C2CCNCC2)SC1=Cc1ccc(-c2ccccc2[N+](=O)[O-])o1. The number of aliphatic imine (C=N–C) groups is 1. The number of hydrogen-bond donors (Lipinski definition) is 2. The number of rotatable bonds is 4. The topological polar surface area (TPSA) is 127 Å². The summed E-state index contributed by atoms with van der Waals surface area (Å²) in [6.45, 7) is 1.59. The van der Waals surface area contributed by atoms with E-state index < -0.39 is 10.8 Å². The van der Waals surface area contributed by atoms with Crippen molar-refractivity contribution in [3.8, 4) is 11.3 Å². The maximum absolute atomic E-state index is 12.3. The van der Waals surface area contributed by atoms with Gasteiger partial charge in [-0.15, -0.1) is 0 Å². The molecule has 1 fully saturated rings. The number of carbonyl (C=O) groups excluding carboxylic acids is 2. The van der Waals surface area contributed by atoms with Gasteiger partial charge in [-0.1, -0.05) is 12.1 Å². The second-order valence-electron chi connectivity index (χ2n) is 6.82. The number of carbonyl (C=O) groups is 2. The fourth-order valence-electron chi connectivity index (χ4n) is 3.30. The molecule has 2 amide bonds. The van der Waals surface area contributed by atoms with E-state index in [-0.39, 0.29) is 22.7 Å². The molecule has 9 nitrogen and oxygen atoms in total. The molecule has 1 saturated heterocycles. The van der Waals surface area contributed by atoms with Crippen LogP contribution in [0.4, 0.5) is 5.69 Å². The Kier molecular flexibility index (Phi) is 5.77. The first-order valence-electron chi connectivity index (χ1n) is 9.39. The van der Waals surface area contributed by atoms with Gasteiger partial charge in [0, 0.05) is 18.1 Å². The average Bonchev–Trinajstić information content (AvgIpc) is 3.35. The lowest BCUT2D eigenvalue weighted by Gasteiger charge is -2.21. The molecular weight excluding hydrogens is 408 g/mol. The summed E-state index contributed by atoms with van der Waals surface area (Å²) in [6.07, 6.45) is 3.01. The van der Waals surface area contributed by atoms with Gasteiger partial charge in [0.2, 0.25) is 5.91 Å². The largest absolute Gasteiger partial charge is 0.456 e. The maximum atomic E-state index is 12.3. The Hall–Kier alpha value is -3.24. The number of nitro benzene ring substituents is 1. The number of amidine groups is 1. The zero-order valence-electron chi connectivity index (χ0n) is 15.8. The molecule has 10 heteroatoms. The second kappa shape index (κ2) is 8.64. The molecular formula is C20H18N4O5S. The van der Waals surface area contributed by atoms with E-state index in [0.29, 0.717) is 22.0 Å². The number of para-hydroxylation sites is 1. The molecule has 0 saturated carbocycles. The number of nitrogens with zero attached hydrogens (tertiary/aromatic N) is 2. The quantitative estimate of drug-likeness (QED) is 0.437. The minimum Gasteiger partial charge on any atom is -0.456 e. The fraction of sp³-hybridized carbons (Fsp3) is 0.250. The molecule has 30 heavy (non-hydrogen) atoms. The van der Waals surface area contributed by atoms with Crippen LogP contribution in [-0.4, -0.2) is 35.0 Å². The minimum atomic E-state index is -0.475. The third kappa shape index (κ3) is 4.34. The van der Waals surface area contributed by atoms with Gasteiger partial charge >= 0.3 is 0 Å². The third-order valence-electron chi connectivity index (χ3n) is 4.83. The van der Waals surface area contributed by atoms with Crippen LogP contribution in [0, 0.1) is 16.0 Å². The highest BCUT2D eigenvalue weighted by atomic mass is 32.2. The summed E-state index contributed by atoms with van der Waals surface area (Å²) in [5.74, 6) is -0.00483. The number of amides is 2. The zero-order chi connectivity index (χ0) is 21.1. The Balaban J connectivity index is 1.46. The van der Waals surface area contributed by atoms with E-state index in [0.717, 1.165) is 37.7 Å². The Morgan fingerprint density at radius 1 is 1.27 bits per heavy atom. The van der Waals surface area contributed by atoms with Crippen LogP contribution < -0.4 is 10.6 Å². The van der Waals surface area contributed by atoms with Gasteiger partial charge in [0.05, 0.1) is 15.4 Å². The molecule has 3 heterocycles. The van der Waals surface area contributed by atoms with E-state index in [9.17, 15) is 19.7 Å². The summed E-state index contributed by atoms with van der Waals surface area (Å²) in [5.41, 5.74) is 0.285. The van der Waals surface area contributed by atoms with Gasteiger partial charge < -0.3 is 15.1 Å². The van der Waals surface area contributed by atoms with Gasteiger partial charge in [-0.2, -0.15) is 4.99 Å². The van der Waals surface area contributed by atoms with Crippen LogP contribution in [-0.2, 0) is 9.59 Å². The molecule has 154 valence electrons. The van der Waals surface area contributed by atoms with Gasteiger partial charge in [-0.05, 0) is 55.9 Å². The smallest absolute Gasteiger partial charge is 0.286 e. The Morgan fingerprint density at radius 3 is 2.80 bits per heavy atom. The van der Waals surface area contributed by atoms with Gasteiger partial charge in [0.25, 0.3) is 11.6 Å². The molecule has 2 N–H and O–H groups in total. The highest BCUT2D eigenvalue weighted by Crippen LogP contribution is 2.33. The van der Waals surface area contributed by atoms with Crippen molar-refractivity contribution < 1.29 is 18.9 Å². The molecule has 0 unspecified atom stereocenters. The molecule has 4 rings (SSSR count). The number of piperidine rings is 1. The van der Waals surface area contributed by atoms with Crippen LogP contribution in [0.1, 0.15) is 18.6 Å². The van der Waals surface area contributed by atoms with Gasteiger partial charge in [0.1, 0.15) is 11.5 Å². The van der Waals surface area contributed by atoms with Crippen molar-refractivity contribution in [2.24, 2.45) is 10.9 Å². The summed E-state index contributed by atoms with van der Waals surface area (Å²) in [6, 6.07) is 9.50. The van der Waals surface area contributed by atoms with Crippen molar-refractivity contribution in [2.75, 3.05) is 13.1 Å². The molecule has 1 aromatic carbocycles. The first-order valence-corrected chi connectivity index (χ1v) is 10.2. The highest BCUT2D eigenvalue weighted by Gasteiger charge is 2.27. The first-order chi connectivity index (χ1) is 14.5. The Morgan fingerprint density at radius 2 is 2.03 bits per heavy atom. The summed E-state index contributed by atoms with van der Waals surface area (Å²) in [7, 11) is 0. The zero-order valence-corrected chi connectivity index (χ0v) is 16.6. The number of hydrogen-bond acceptors (Lipinski definition) is 7. The first kappa shape index (κ1) is 20.0. The van der Waals surface area contributed by atoms with E-state index in [1.165, 1.54) is 12.1 Å². The molecule has 2 aliphatic heterocycles. The Labute approximate surface area is 175 Å². The fourth-order valence-corrected chi connectivity index (χ4v) is 4.10. The monoisotopic (exact) mass is 426 g/mol. The Bertz CT molecular complexity index is 1070. The normalized spacial score (nSPS) is 18.5. The molecule has 1 aromatic heterocycles. The molecule has 0 bridgehead atoms. The van der Waals surface area contributed by atoms with Crippen LogP contribution in [0.15, 0.2) is 50.7 Å². The minimum absolute atomic E-state index is 0.0661. The van der Waals surface area contributed by atoms with Crippen LogP contribution in [0.2, 0.25) is 0 Å². The average molecular weight is 426 g/mol. The van der Waals surface area contributed by atoms with E-state index in [4.69, 9.17) is 4.42 Å². The van der Waals surface area contributed by atoms with E-state index in [1.54, 1.807) is 30.3 Å². The summed E-state index contributed by atoms with van der Waals surface area (Å²) >= 11 is 1.06. The van der Waals surface area contributed by atoms with Gasteiger partial charge in [-0.25, -0.2) is 0 Å². The molecule has 0 radical (unpaired) electrons. The predicted octanol–water partition coefficient (Wildman–Crippen LogP) is 2.94. The highest BCUT2D eigenvalue weighted by molar-refractivity contribution is 8.18. The third-order valence-corrected chi connectivity index (χ3v) is 5.73. The van der Waals surface area contributed by atoms with Crippen molar-refractivity contribution in [3.63, 3.8) is 0 Å². The van der Waals surface area contributed by atoms with E-state index in [1.807, 2.05) is 0 Å². The van der Waals surface area contributed by atoms with Gasteiger partial charge in [0.15, 0.2) is 5.17 Å². The van der Waals surface area contributed by atoms with Crippen molar-refractivity contribution in [1.29, 1.82) is 0 Å². The number of benzene rings is 1. The number of nitro groups is 1. The number of nitrogens with one attached hydrogen (secondary N) is 2. The summed E-state index contributed by atoms with van der Waals surface area (Å²) in [5, 5.41) is 17.4. The summed E-state index contributed by atoms with van der Waals surface area (Å²) in [4.78, 5) is 39.5. The van der Waals surface area contributed by atoms with Gasteiger partial charge in [-0.3, -0.25) is 19.7 Å². The van der Waals surface area contributed by atoms with Crippen LogP contribution in [0.3, 0.4) is 0 Å². The number of furan rings is 1. The lowest BCUT2D eigenvalue weighted by molar-refractivity contribution is -0.384. The maximum Gasteiger partial charge on any atom is 0.286 e. The predicted molar refractivity (Wildman–Crippen MR) is 113 cm³/mol. The van der Waals surface area contributed by atoms with Crippen molar-refractivity contribution in [1.82, 2.24) is 10.6 Å². The molecule has 2 aliphatic rings. The van der Waals surface area contributed by atoms with Crippen molar-refractivity contribution in [3.05, 3.63) is 57.2 Å². The van der Waals surface area contributed by atoms with Crippen LogP contribution in [0.5, 0.6) is 0 Å². The van der Waals surface area contributed by atoms with Crippen molar-refractivity contribution in [2.45, 2.75) is 12.8 Å². The van der Waals surface area contributed by atoms with Crippen LogP contribution >= 0.6 is 11.8 Å². The summed E-state index contributed by atoms with van der Waals surface area (Å²) < 4.78 is 5.69. The molecule has 0 spiro atoms. The molecule has 2 aromatic rings. The molecule has 0 atom stereocenters. The van der Waals surface area contributed by atoms with Crippen LogP contribution in [0.25, 0.3) is 17.4 Å². The lowest BCUT2D eigenvalue weighted by atomic mass is 9.97. The van der Waals surface area contributed by atoms with E-state index >= 15 is 0 Å².